The van der Waals surface area contributed by atoms with Crippen LogP contribution in [-0.2, 0) is 9.53 Å². The third-order valence-corrected chi connectivity index (χ3v) is 7.66. The molecule has 2 aliphatic carbocycles. The molecule has 1 aromatic carbocycles. The highest BCUT2D eigenvalue weighted by Gasteiger charge is 2.40. The van der Waals surface area contributed by atoms with E-state index in [0.29, 0.717) is 13.2 Å². The maximum absolute atomic E-state index is 12.7. The summed E-state index contributed by atoms with van der Waals surface area (Å²) in [5, 5.41) is 6.72. The van der Waals surface area contributed by atoms with Gasteiger partial charge in [-0.2, -0.15) is 0 Å². The standard InChI is InChI=1S/C26H41N3O3/c1-2-26(18-21-6-3-7-22(16-21)19-26)27-20-25(30)28-23-8-4-9-24(17-23)32-13-5-10-29-11-14-31-15-12-29/h4,8-9,17,21-22,27H,2-3,5-7,10-16,18-20H2,1H3,(H,28,30). The average Bonchev–Trinajstić information content (AvgIpc) is 2.81. The van der Waals surface area contributed by atoms with Crippen LogP contribution < -0.4 is 15.4 Å². The molecule has 1 aromatic rings. The molecule has 1 aliphatic heterocycles. The molecule has 2 unspecified atom stereocenters. The summed E-state index contributed by atoms with van der Waals surface area (Å²) in [6.07, 6.45) is 10.1. The minimum atomic E-state index is 0.0259. The van der Waals surface area contributed by atoms with Crippen LogP contribution in [0.3, 0.4) is 0 Å². The van der Waals surface area contributed by atoms with Crippen molar-refractivity contribution >= 4 is 11.6 Å². The van der Waals surface area contributed by atoms with Crippen molar-refractivity contribution < 1.29 is 14.3 Å². The largest absolute Gasteiger partial charge is 0.493 e. The van der Waals surface area contributed by atoms with Gasteiger partial charge in [-0.05, 0) is 56.1 Å². The number of nitrogens with zero attached hydrogens (tertiary/aromatic N) is 1. The van der Waals surface area contributed by atoms with Gasteiger partial charge in [0.2, 0.25) is 5.91 Å². The Kier molecular flexibility index (Phi) is 8.44. The van der Waals surface area contributed by atoms with Crippen molar-refractivity contribution in [1.29, 1.82) is 0 Å². The molecule has 3 fully saturated rings. The quantitative estimate of drug-likeness (QED) is 0.534. The number of ether oxygens (including phenoxy) is 2. The maximum Gasteiger partial charge on any atom is 0.238 e. The lowest BCUT2D eigenvalue weighted by Gasteiger charge is -2.47. The summed E-state index contributed by atoms with van der Waals surface area (Å²) in [5.41, 5.74) is 0.935. The molecular weight excluding hydrogens is 402 g/mol. The van der Waals surface area contributed by atoms with Crippen molar-refractivity contribution in [3.05, 3.63) is 24.3 Å². The maximum atomic E-state index is 12.7. The molecule has 2 N–H and O–H groups in total. The van der Waals surface area contributed by atoms with E-state index in [1.807, 2.05) is 24.3 Å². The first kappa shape index (κ1) is 23.5. The third kappa shape index (κ3) is 6.69. The zero-order valence-corrected chi connectivity index (χ0v) is 19.7. The first-order chi connectivity index (χ1) is 15.6. The molecule has 3 aliphatic rings. The van der Waals surface area contributed by atoms with Crippen LogP contribution in [0.2, 0.25) is 0 Å². The minimum Gasteiger partial charge on any atom is -0.493 e. The lowest BCUT2D eigenvalue weighted by atomic mass is 9.64. The highest BCUT2D eigenvalue weighted by Crippen LogP contribution is 2.45. The summed E-state index contributed by atoms with van der Waals surface area (Å²) < 4.78 is 11.3. The highest BCUT2D eigenvalue weighted by atomic mass is 16.5. The number of carbonyl (C=O) groups excluding carboxylic acids is 1. The Bertz CT molecular complexity index is 723. The minimum absolute atomic E-state index is 0.0259. The monoisotopic (exact) mass is 443 g/mol. The van der Waals surface area contributed by atoms with E-state index >= 15 is 0 Å². The van der Waals surface area contributed by atoms with E-state index in [1.165, 1.54) is 38.5 Å². The molecule has 6 nitrogen and oxygen atoms in total. The SMILES string of the molecule is CCC1(NCC(=O)Nc2cccc(OCCCN3CCOCC3)c2)CC2CCCC(C2)C1. The molecule has 0 radical (unpaired) electrons. The molecule has 2 bridgehead atoms. The van der Waals surface area contributed by atoms with Gasteiger partial charge in [0.15, 0.2) is 0 Å². The van der Waals surface area contributed by atoms with Gasteiger partial charge in [-0.1, -0.05) is 32.3 Å². The van der Waals surface area contributed by atoms with Gasteiger partial charge in [0.1, 0.15) is 5.75 Å². The number of carbonyl (C=O) groups is 1. The second-order valence-electron chi connectivity index (χ2n) is 10.0. The predicted octanol–water partition coefficient (Wildman–Crippen LogP) is 4.06. The van der Waals surface area contributed by atoms with Crippen molar-refractivity contribution in [2.24, 2.45) is 11.8 Å². The van der Waals surface area contributed by atoms with E-state index in [9.17, 15) is 4.79 Å². The van der Waals surface area contributed by atoms with Crippen molar-refractivity contribution in [1.82, 2.24) is 10.2 Å². The van der Waals surface area contributed by atoms with E-state index in [1.54, 1.807) is 0 Å². The summed E-state index contributed by atoms with van der Waals surface area (Å²) in [4.78, 5) is 15.1. The number of amides is 1. The molecule has 1 saturated heterocycles. The van der Waals surface area contributed by atoms with Crippen LogP contribution >= 0.6 is 0 Å². The van der Waals surface area contributed by atoms with Crippen molar-refractivity contribution in [3.63, 3.8) is 0 Å². The number of anilines is 1. The summed E-state index contributed by atoms with van der Waals surface area (Å²) in [7, 11) is 0. The Morgan fingerprint density at radius 2 is 2.00 bits per heavy atom. The fourth-order valence-corrected chi connectivity index (χ4v) is 5.96. The fourth-order valence-electron chi connectivity index (χ4n) is 5.96. The Morgan fingerprint density at radius 3 is 2.75 bits per heavy atom. The van der Waals surface area contributed by atoms with E-state index in [-0.39, 0.29) is 11.4 Å². The summed E-state index contributed by atoms with van der Waals surface area (Å²) in [5.74, 6) is 2.52. The Labute approximate surface area is 193 Å². The fraction of sp³-hybridized carbons (Fsp3) is 0.731. The molecule has 32 heavy (non-hydrogen) atoms. The van der Waals surface area contributed by atoms with Crippen LogP contribution in [0.4, 0.5) is 5.69 Å². The lowest BCUT2D eigenvalue weighted by Crippen LogP contribution is -2.53. The summed E-state index contributed by atoms with van der Waals surface area (Å²) in [6, 6.07) is 7.75. The van der Waals surface area contributed by atoms with Gasteiger partial charge in [-0.3, -0.25) is 9.69 Å². The van der Waals surface area contributed by atoms with Gasteiger partial charge in [-0.15, -0.1) is 0 Å². The predicted molar refractivity (Wildman–Crippen MR) is 128 cm³/mol. The highest BCUT2D eigenvalue weighted by molar-refractivity contribution is 5.92. The number of nitrogens with one attached hydrogen (secondary N) is 2. The molecule has 2 atom stereocenters. The average molecular weight is 444 g/mol. The molecule has 6 heteroatoms. The van der Waals surface area contributed by atoms with E-state index < -0.39 is 0 Å². The topological polar surface area (TPSA) is 62.8 Å². The Morgan fingerprint density at radius 1 is 1.22 bits per heavy atom. The van der Waals surface area contributed by atoms with Crippen LogP contribution in [0.15, 0.2) is 24.3 Å². The zero-order valence-electron chi connectivity index (χ0n) is 19.7. The van der Waals surface area contributed by atoms with Gasteiger partial charge >= 0.3 is 0 Å². The first-order valence-electron chi connectivity index (χ1n) is 12.7. The van der Waals surface area contributed by atoms with Crippen molar-refractivity contribution in [3.8, 4) is 5.75 Å². The normalized spacial score (nSPS) is 28.3. The smallest absolute Gasteiger partial charge is 0.238 e. The van der Waals surface area contributed by atoms with Crippen LogP contribution in [-0.4, -0.2) is 62.3 Å². The van der Waals surface area contributed by atoms with Gasteiger partial charge in [0.05, 0.1) is 26.4 Å². The van der Waals surface area contributed by atoms with E-state index in [0.717, 1.165) is 69.0 Å². The molecule has 0 spiro atoms. The lowest BCUT2D eigenvalue weighted by molar-refractivity contribution is -0.116. The van der Waals surface area contributed by atoms with Gasteiger partial charge in [-0.25, -0.2) is 0 Å². The molecule has 178 valence electrons. The molecule has 2 saturated carbocycles. The number of fused-ring (bicyclic) bond motifs is 2. The summed E-state index contributed by atoms with van der Waals surface area (Å²) >= 11 is 0. The molecule has 4 rings (SSSR count). The van der Waals surface area contributed by atoms with E-state index in [2.05, 4.69) is 22.5 Å². The second-order valence-corrected chi connectivity index (χ2v) is 10.0. The van der Waals surface area contributed by atoms with Crippen LogP contribution in [0.1, 0.15) is 58.3 Å². The molecule has 0 aromatic heterocycles. The number of rotatable bonds is 10. The van der Waals surface area contributed by atoms with E-state index in [4.69, 9.17) is 9.47 Å². The number of morpholine rings is 1. The van der Waals surface area contributed by atoms with Gasteiger partial charge < -0.3 is 20.1 Å². The van der Waals surface area contributed by atoms with Crippen LogP contribution in [0, 0.1) is 11.8 Å². The first-order valence-corrected chi connectivity index (χ1v) is 12.7. The van der Waals surface area contributed by atoms with Crippen LogP contribution in [0.25, 0.3) is 0 Å². The summed E-state index contributed by atoms with van der Waals surface area (Å²) in [6.45, 7) is 8.04. The third-order valence-electron chi connectivity index (χ3n) is 7.66. The van der Waals surface area contributed by atoms with Gasteiger partial charge in [0.25, 0.3) is 0 Å². The zero-order chi connectivity index (χ0) is 22.2. The number of hydrogen-bond donors (Lipinski definition) is 2. The van der Waals surface area contributed by atoms with Gasteiger partial charge in [0, 0.05) is 36.9 Å². The molecular formula is C26H41N3O3. The van der Waals surface area contributed by atoms with Crippen molar-refractivity contribution in [2.45, 2.75) is 63.8 Å². The Hall–Kier alpha value is -1.63. The molecule has 1 heterocycles. The Balaban J connectivity index is 1.20. The second kappa shape index (κ2) is 11.5. The molecule has 1 amide bonds. The number of benzene rings is 1. The van der Waals surface area contributed by atoms with Crippen molar-refractivity contribution in [2.75, 3.05) is 51.3 Å². The van der Waals surface area contributed by atoms with Crippen LogP contribution in [0.5, 0.6) is 5.75 Å². The number of hydrogen-bond acceptors (Lipinski definition) is 5.